The largest absolute Gasteiger partial charge is 0.469 e. The van der Waals surface area contributed by atoms with Gasteiger partial charge in [0.1, 0.15) is 5.76 Å². The molecule has 3 heterocycles. The van der Waals surface area contributed by atoms with Crippen LogP contribution in [-0.4, -0.2) is 16.5 Å². The zero-order chi connectivity index (χ0) is 14.3. The number of furan rings is 1. The third-order valence-corrected chi connectivity index (χ3v) is 3.30. The van der Waals surface area contributed by atoms with Gasteiger partial charge in [-0.1, -0.05) is 0 Å². The van der Waals surface area contributed by atoms with E-state index in [0.717, 1.165) is 0 Å². The Labute approximate surface area is 113 Å². The molecule has 0 spiro atoms. The van der Waals surface area contributed by atoms with Crippen LogP contribution in [0, 0.1) is 6.92 Å². The molecular formula is C13H12F3N3O. The van der Waals surface area contributed by atoms with Crippen LogP contribution in [0.3, 0.4) is 0 Å². The van der Waals surface area contributed by atoms with Gasteiger partial charge < -0.3 is 9.73 Å². The summed E-state index contributed by atoms with van der Waals surface area (Å²) in [5.41, 5.74) is 0.248. The van der Waals surface area contributed by atoms with E-state index in [0.29, 0.717) is 30.0 Å². The van der Waals surface area contributed by atoms with E-state index in [1.165, 1.54) is 6.26 Å². The molecule has 4 nitrogen and oxygen atoms in total. The Morgan fingerprint density at radius 1 is 1.30 bits per heavy atom. The molecule has 0 saturated heterocycles. The molecular weight excluding hydrogens is 271 g/mol. The monoisotopic (exact) mass is 283 g/mol. The van der Waals surface area contributed by atoms with Crippen LogP contribution in [0.4, 0.5) is 13.2 Å². The van der Waals surface area contributed by atoms with Crippen LogP contribution in [0.1, 0.15) is 22.7 Å². The lowest BCUT2D eigenvalue weighted by Gasteiger charge is -2.21. The fourth-order valence-electron chi connectivity index (χ4n) is 2.31. The Bertz CT molecular complexity index is 649. The van der Waals surface area contributed by atoms with E-state index in [4.69, 9.17) is 4.42 Å². The maximum atomic E-state index is 13.2. The summed E-state index contributed by atoms with van der Waals surface area (Å²) in [5, 5.41) is 2.92. The van der Waals surface area contributed by atoms with Crippen molar-refractivity contribution in [3.8, 4) is 11.4 Å². The molecule has 0 aromatic carbocycles. The number of rotatable bonds is 1. The Morgan fingerprint density at radius 3 is 2.75 bits per heavy atom. The quantitative estimate of drug-likeness (QED) is 0.874. The highest BCUT2D eigenvalue weighted by atomic mass is 19.4. The van der Waals surface area contributed by atoms with E-state index in [1.54, 1.807) is 13.0 Å². The van der Waals surface area contributed by atoms with Crippen molar-refractivity contribution in [3.05, 3.63) is 35.0 Å². The third-order valence-electron chi connectivity index (χ3n) is 3.30. The first-order chi connectivity index (χ1) is 9.47. The minimum Gasteiger partial charge on any atom is -0.469 e. The van der Waals surface area contributed by atoms with Gasteiger partial charge in [-0.05, 0) is 13.0 Å². The average Bonchev–Trinajstić information content (AvgIpc) is 2.82. The minimum atomic E-state index is -4.49. The molecule has 0 atom stereocenters. The second-order valence-corrected chi connectivity index (χ2v) is 4.64. The molecule has 2 aromatic heterocycles. The van der Waals surface area contributed by atoms with Crippen LogP contribution < -0.4 is 5.32 Å². The molecule has 2 aromatic rings. The molecule has 20 heavy (non-hydrogen) atoms. The van der Waals surface area contributed by atoms with Crippen LogP contribution in [-0.2, 0) is 19.1 Å². The molecule has 1 aliphatic heterocycles. The van der Waals surface area contributed by atoms with Crippen molar-refractivity contribution in [2.45, 2.75) is 26.1 Å². The summed E-state index contributed by atoms with van der Waals surface area (Å²) in [6, 6.07) is 1.58. The van der Waals surface area contributed by atoms with E-state index < -0.39 is 11.9 Å². The average molecular weight is 283 g/mol. The van der Waals surface area contributed by atoms with Gasteiger partial charge in [-0.3, -0.25) is 0 Å². The Kier molecular flexibility index (Phi) is 3.01. The van der Waals surface area contributed by atoms with E-state index in [9.17, 15) is 13.2 Å². The molecule has 0 amide bonds. The van der Waals surface area contributed by atoms with Gasteiger partial charge in [0.2, 0.25) is 0 Å². The number of alkyl halides is 3. The van der Waals surface area contributed by atoms with Gasteiger partial charge in [0, 0.05) is 25.1 Å². The lowest BCUT2D eigenvalue weighted by Crippen LogP contribution is -2.29. The predicted molar refractivity (Wildman–Crippen MR) is 64.9 cm³/mol. The molecule has 0 bridgehead atoms. The fraction of sp³-hybridized carbons (Fsp3) is 0.385. The van der Waals surface area contributed by atoms with E-state index >= 15 is 0 Å². The van der Waals surface area contributed by atoms with Crippen molar-refractivity contribution < 1.29 is 17.6 Å². The van der Waals surface area contributed by atoms with Gasteiger partial charge in [-0.2, -0.15) is 13.2 Å². The predicted octanol–water partition coefficient (Wildman–Crippen LogP) is 2.71. The van der Waals surface area contributed by atoms with Crippen LogP contribution in [0.15, 0.2) is 16.7 Å². The molecule has 0 unspecified atom stereocenters. The maximum Gasteiger partial charge on any atom is 0.433 e. The maximum absolute atomic E-state index is 13.2. The van der Waals surface area contributed by atoms with Crippen molar-refractivity contribution in [2.24, 2.45) is 0 Å². The molecule has 0 radical (unpaired) electrons. The second kappa shape index (κ2) is 4.59. The highest BCUT2D eigenvalue weighted by Crippen LogP contribution is 2.34. The summed E-state index contributed by atoms with van der Waals surface area (Å²) >= 11 is 0. The number of hydrogen-bond acceptors (Lipinski definition) is 4. The number of nitrogens with one attached hydrogen (secondary N) is 1. The SMILES string of the molecule is Cc1occc1-c1nc2c(c(C(F)(F)F)n1)CNCC2. The number of fused-ring (bicyclic) bond motifs is 1. The molecule has 3 rings (SSSR count). The van der Waals surface area contributed by atoms with E-state index in [1.807, 2.05) is 0 Å². The lowest BCUT2D eigenvalue weighted by atomic mass is 10.0. The first kappa shape index (κ1) is 13.1. The lowest BCUT2D eigenvalue weighted by molar-refractivity contribution is -0.142. The molecule has 1 N–H and O–H groups in total. The fourth-order valence-corrected chi connectivity index (χ4v) is 2.31. The van der Waals surface area contributed by atoms with Crippen molar-refractivity contribution in [1.29, 1.82) is 0 Å². The highest BCUT2D eigenvalue weighted by molar-refractivity contribution is 5.58. The number of nitrogens with zero attached hydrogens (tertiary/aromatic N) is 2. The molecule has 1 aliphatic rings. The summed E-state index contributed by atoms with van der Waals surface area (Å²) in [6.45, 7) is 2.44. The number of halogens is 3. The first-order valence-electron chi connectivity index (χ1n) is 6.19. The van der Waals surface area contributed by atoms with Gasteiger partial charge in [-0.15, -0.1) is 0 Å². The molecule has 0 saturated carbocycles. The summed E-state index contributed by atoms with van der Waals surface area (Å²) in [5.74, 6) is 0.580. The second-order valence-electron chi connectivity index (χ2n) is 4.64. The van der Waals surface area contributed by atoms with Gasteiger partial charge >= 0.3 is 6.18 Å². The summed E-state index contributed by atoms with van der Waals surface area (Å²) in [7, 11) is 0. The van der Waals surface area contributed by atoms with Gasteiger partial charge in [0.05, 0.1) is 17.5 Å². The van der Waals surface area contributed by atoms with Gasteiger partial charge in [0.25, 0.3) is 0 Å². The molecule has 0 aliphatic carbocycles. The number of aryl methyl sites for hydroxylation is 1. The Morgan fingerprint density at radius 2 is 2.10 bits per heavy atom. The van der Waals surface area contributed by atoms with Crippen LogP contribution in [0.2, 0.25) is 0 Å². The van der Waals surface area contributed by atoms with Crippen molar-refractivity contribution in [1.82, 2.24) is 15.3 Å². The van der Waals surface area contributed by atoms with Crippen molar-refractivity contribution >= 4 is 0 Å². The Balaban J connectivity index is 2.21. The normalized spacial score (nSPS) is 15.2. The van der Waals surface area contributed by atoms with E-state index in [-0.39, 0.29) is 17.9 Å². The minimum absolute atomic E-state index is 0.0734. The Hall–Kier alpha value is -1.89. The summed E-state index contributed by atoms with van der Waals surface area (Å²) < 4.78 is 44.6. The van der Waals surface area contributed by atoms with Gasteiger partial charge in [-0.25, -0.2) is 9.97 Å². The zero-order valence-electron chi connectivity index (χ0n) is 10.7. The standard InChI is InChI=1S/C13H12F3N3O/c1-7-8(3-5-20-7)12-18-10-2-4-17-6-9(10)11(19-12)13(14,15)16/h3,5,17H,2,4,6H2,1H3. The molecule has 0 fully saturated rings. The van der Waals surface area contributed by atoms with Crippen molar-refractivity contribution in [3.63, 3.8) is 0 Å². The highest BCUT2D eigenvalue weighted by Gasteiger charge is 2.38. The van der Waals surface area contributed by atoms with Gasteiger partial charge in [0.15, 0.2) is 11.5 Å². The first-order valence-corrected chi connectivity index (χ1v) is 6.19. The molecule has 106 valence electrons. The number of hydrogen-bond donors (Lipinski definition) is 1. The smallest absolute Gasteiger partial charge is 0.433 e. The zero-order valence-corrected chi connectivity index (χ0v) is 10.7. The third kappa shape index (κ3) is 2.18. The topological polar surface area (TPSA) is 51.0 Å². The van der Waals surface area contributed by atoms with Crippen LogP contribution in [0.25, 0.3) is 11.4 Å². The van der Waals surface area contributed by atoms with Crippen molar-refractivity contribution in [2.75, 3.05) is 6.54 Å². The summed E-state index contributed by atoms with van der Waals surface area (Å²) in [6.07, 6.45) is -2.61. The number of aromatic nitrogens is 2. The van der Waals surface area contributed by atoms with Crippen LogP contribution >= 0.6 is 0 Å². The van der Waals surface area contributed by atoms with E-state index in [2.05, 4.69) is 15.3 Å². The summed E-state index contributed by atoms with van der Waals surface area (Å²) in [4.78, 5) is 8.00. The van der Waals surface area contributed by atoms with Crippen LogP contribution in [0.5, 0.6) is 0 Å². The molecule has 7 heteroatoms.